The Morgan fingerprint density at radius 1 is 1.16 bits per heavy atom. The van der Waals surface area contributed by atoms with Gasteiger partial charge < -0.3 is 5.32 Å². The summed E-state index contributed by atoms with van der Waals surface area (Å²) < 4.78 is 0. The fraction of sp³-hybridized carbons (Fsp3) is 0. The van der Waals surface area contributed by atoms with E-state index in [0.717, 1.165) is 5.69 Å². The van der Waals surface area contributed by atoms with Crippen LogP contribution in [0, 0.1) is 11.3 Å². The van der Waals surface area contributed by atoms with E-state index >= 15 is 0 Å². The Hall–Kier alpha value is -3.43. The molecule has 3 rings (SSSR count). The molecule has 0 saturated heterocycles. The molecule has 1 heterocycles. The average Bonchev–Trinajstić information content (AvgIpc) is 3.11. The lowest BCUT2D eigenvalue weighted by Crippen LogP contribution is -2.13. The third-order valence-electron chi connectivity index (χ3n) is 3.28. The Balaban J connectivity index is 1.81. The molecule has 3 aromatic rings. The van der Waals surface area contributed by atoms with Crippen molar-refractivity contribution in [1.29, 1.82) is 5.26 Å². The molecule has 7 heteroatoms. The standard InChI is InChI=1S/C18H12ClN5O/c19-16-8-4-5-9-17(16)22-18(25)13(11-20)10-14-12-21-24(23-14)15-6-2-1-3-7-15/h1-10,12H,(H,22,25)/b13-10-. The number of amides is 1. The van der Waals surface area contributed by atoms with Crippen molar-refractivity contribution in [1.82, 2.24) is 15.0 Å². The SMILES string of the molecule is N#C/C(=C/c1cnn(-c2ccccc2)n1)C(=O)Nc1ccccc1Cl. The number of nitriles is 1. The lowest BCUT2D eigenvalue weighted by Gasteiger charge is -2.05. The van der Waals surface area contributed by atoms with Crippen molar-refractivity contribution < 1.29 is 4.79 Å². The molecule has 0 aliphatic carbocycles. The van der Waals surface area contributed by atoms with Crippen LogP contribution in [0.5, 0.6) is 0 Å². The highest BCUT2D eigenvalue weighted by Crippen LogP contribution is 2.21. The van der Waals surface area contributed by atoms with Crippen LogP contribution in [0.2, 0.25) is 5.02 Å². The van der Waals surface area contributed by atoms with E-state index in [0.29, 0.717) is 16.4 Å². The van der Waals surface area contributed by atoms with Crippen molar-refractivity contribution in [2.45, 2.75) is 0 Å². The van der Waals surface area contributed by atoms with Gasteiger partial charge in [0.15, 0.2) is 0 Å². The highest BCUT2D eigenvalue weighted by atomic mass is 35.5. The minimum Gasteiger partial charge on any atom is -0.320 e. The van der Waals surface area contributed by atoms with Crippen LogP contribution in [0.15, 0.2) is 66.4 Å². The van der Waals surface area contributed by atoms with Gasteiger partial charge >= 0.3 is 0 Å². The van der Waals surface area contributed by atoms with E-state index in [1.54, 1.807) is 24.3 Å². The quantitative estimate of drug-likeness (QED) is 0.577. The Labute approximate surface area is 149 Å². The summed E-state index contributed by atoms with van der Waals surface area (Å²) in [6, 6.07) is 18.0. The second-order valence-electron chi connectivity index (χ2n) is 5.00. The largest absolute Gasteiger partial charge is 0.320 e. The van der Waals surface area contributed by atoms with Crippen LogP contribution in [0.25, 0.3) is 11.8 Å². The maximum Gasteiger partial charge on any atom is 0.266 e. The van der Waals surface area contributed by atoms with Crippen molar-refractivity contribution in [3.8, 4) is 11.8 Å². The van der Waals surface area contributed by atoms with Crippen LogP contribution in [-0.4, -0.2) is 20.9 Å². The molecule has 0 atom stereocenters. The molecular weight excluding hydrogens is 338 g/mol. The first kappa shape index (κ1) is 16.4. The Morgan fingerprint density at radius 3 is 2.60 bits per heavy atom. The Kier molecular flexibility index (Phi) is 4.88. The number of hydrogen-bond donors (Lipinski definition) is 1. The Morgan fingerprint density at radius 2 is 1.88 bits per heavy atom. The molecule has 0 spiro atoms. The maximum atomic E-state index is 12.3. The van der Waals surface area contributed by atoms with Crippen molar-refractivity contribution >= 4 is 29.3 Å². The molecule has 0 aliphatic heterocycles. The summed E-state index contributed by atoms with van der Waals surface area (Å²) in [5.41, 5.74) is 1.51. The van der Waals surface area contributed by atoms with Gasteiger partial charge in [-0.15, -0.1) is 5.10 Å². The zero-order valence-corrected chi connectivity index (χ0v) is 13.7. The van der Waals surface area contributed by atoms with Gasteiger partial charge in [-0.05, 0) is 30.3 Å². The topological polar surface area (TPSA) is 83.6 Å². The van der Waals surface area contributed by atoms with Gasteiger partial charge in [-0.25, -0.2) is 0 Å². The van der Waals surface area contributed by atoms with Gasteiger partial charge in [0.25, 0.3) is 5.91 Å². The summed E-state index contributed by atoms with van der Waals surface area (Å²) in [5, 5.41) is 20.6. The lowest BCUT2D eigenvalue weighted by molar-refractivity contribution is -0.112. The summed E-state index contributed by atoms with van der Waals surface area (Å²) in [5.74, 6) is -0.565. The summed E-state index contributed by atoms with van der Waals surface area (Å²) in [6.45, 7) is 0. The smallest absolute Gasteiger partial charge is 0.266 e. The van der Waals surface area contributed by atoms with E-state index in [9.17, 15) is 10.1 Å². The van der Waals surface area contributed by atoms with Gasteiger partial charge in [-0.2, -0.15) is 15.2 Å². The number of hydrogen-bond acceptors (Lipinski definition) is 4. The molecule has 1 N–H and O–H groups in total. The van der Waals surface area contributed by atoms with Crippen molar-refractivity contribution in [2.24, 2.45) is 0 Å². The lowest BCUT2D eigenvalue weighted by atomic mass is 10.2. The first-order valence-electron chi connectivity index (χ1n) is 7.33. The number of nitrogens with one attached hydrogen (secondary N) is 1. The molecule has 1 aromatic heterocycles. The number of nitrogens with zero attached hydrogens (tertiary/aromatic N) is 4. The number of benzene rings is 2. The third-order valence-corrected chi connectivity index (χ3v) is 3.61. The molecule has 0 fully saturated rings. The average molecular weight is 350 g/mol. The number of aromatic nitrogens is 3. The molecule has 0 bridgehead atoms. The summed E-state index contributed by atoms with van der Waals surface area (Å²) in [6.07, 6.45) is 2.85. The molecule has 6 nitrogen and oxygen atoms in total. The summed E-state index contributed by atoms with van der Waals surface area (Å²) in [4.78, 5) is 13.7. The predicted octanol–water partition coefficient (Wildman–Crippen LogP) is 3.47. The van der Waals surface area contributed by atoms with Crippen LogP contribution in [0.1, 0.15) is 5.69 Å². The number of carbonyl (C=O) groups excluding carboxylic acids is 1. The predicted molar refractivity (Wildman–Crippen MR) is 95.0 cm³/mol. The van der Waals surface area contributed by atoms with E-state index in [1.807, 2.05) is 36.4 Å². The number of halogens is 1. The van der Waals surface area contributed by atoms with Crippen molar-refractivity contribution in [2.75, 3.05) is 5.32 Å². The van der Waals surface area contributed by atoms with Gasteiger partial charge in [0.2, 0.25) is 0 Å². The molecule has 0 aliphatic rings. The molecule has 0 radical (unpaired) electrons. The van der Waals surface area contributed by atoms with Gasteiger partial charge in [0, 0.05) is 0 Å². The zero-order valence-electron chi connectivity index (χ0n) is 12.9. The first-order valence-corrected chi connectivity index (χ1v) is 7.70. The summed E-state index contributed by atoms with van der Waals surface area (Å²) in [7, 11) is 0. The number of para-hydroxylation sites is 2. The minimum atomic E-state index is -0.565. The zero-order chi connectivity index (χ0) is 17.6. The molecule has 1 amide bonds. The molecule has 0 unspecified atom stereocenters. The van der Waals surface area contributed by atoms with Crippen LogP contribution in [0.3, 0.4) is 0 Å². The fourth-order valence-corrected chi connectivity index (χ4v) is 2.26. The van der Waals surface area contributed by atoms with Crippen molar-refractivity contribution in [3.05, 3.63) is 77.1 Å². The van der Waals surface area contributed by atoms with Crippen LogP contribution in [-0.2, 0) is 4.79 Å². The molecule has 0 saturated carbocycles. The normalized spacial score (nSPS) is 11.0. The molecule has 122 valence electrons. The number of rotatable bonds is 4. The van der Waals surface area contributed by atoms with E-state index in [4.69, 9.17) is 11.6 Å². The second kappa shape index (κ2) is 7.43. The van der Waals surface area contributed by atoms with Gasteiger partial charge in [0.05, 0.1) is 22.6 Å². The molecule has 25 heavy (non-hydrogen) atoms. The molecular formula is C18H12ClN5O. The number of carbonyl (C=O) groups is 1. The highest BCUT2D eigenvalue weighted by Gasteiger charge is 2.12. The van der Waals surface area contributed by atoms with Crippen molar-refractivity contribution in [3.63, 3.8) is 0 Å². The van der Waals surface area contributed by atoms with Gasteiger partial charge in [0.1, 0.15) is 17.3 Å². The monoisotopic (exact) mass is 349 g/mol. The second-order valence-corrected chi connectivity index (χ2v) is 5.41. The van der Waals surface area contributed by atoms with Crippen LogP contribution in [0.4, 0.5) is 5.69 Å². The fourth-order valence-electron chi connectivity index (χ4n) is 2.08. The molecule has 2 aromatic carbocycles. The van der Waals surface area contributed by atoms with Gasteiger partial charge in [-0.3, -0.25) is 4.79 Å². The maximum absolute atomic E-state index is 12.3. The van der Waals surface area contributed by atoms with Crippen LogP contribution < -0.4 is 5.32 Å². The van der Waals surface area contributed by atoms with Crippen LogP contribution >= 0.6 is 11.6 Å². The Bertz CT molecular complexity index is 972. The minimum absolute atomic E-state index is 0.0972. The van der Waals surface area contributed by atoms with Gasteiger partial charge in [-0.1, -0.05) is 41.9 Å². The van der Waals surface area contributed by atoms with E-state index in [2.05, 4.69) is 15.5 Å². The highest BCUT2D eigenvalue weighted by molar-refractivity contribution is 6.34. The third kappa shape index (κ3) is 3.91. The van der Waals surface area contributed by atoms with E-state index in [-0.39, 0.29) is 5.57 Å². The summed E-state index contributed by atoms with van der Waals surface area (Å²) >= 11 is 6.00. The van der Waals surface area contributed by atoms with E-state index < -0.39 is 5.91 Å². The van der Waals surface area contributed by atoms with E-state index in [1.165, 1.54) is 17.1 Å². The first-order chi connectivity index (χ1) is 12.2. The number of anilines is 1.